The molecule has 1 heterocycles. The predicted octanol–water partition coefficient (Wildman–Crippen LogP) is 3.30. The van der Waals surface area contributed by atoms with Gasteiger partial charge in [0.15, 0.2) is 0 Å². The first-order chi connectivity index (χ1) is 8.09. The van der Waals surface area contributed by atoms with E-state index in [4.69, 9.17) is 17.3 Å². The molecule has 0 saturated carbocycles. The number of nitrogens with zero attached hydrogens (tertiary/aromatic N) is 1. The molecule has 0 aromatic heterocycles. The maximum Gasteiger partial charge on any atom is 0.0643 e. The van der Waals surface area contributed by atoms with Gasteiger partial charge in [-0.05, 0) is 31.5 Å². The van der Waals surface area contributed by atoms with E-state index in [9.17, 15) is 0 Å². The smallest absolute Gasteiger partial charge is 0.0643 e. The molecule has 1 aliphatic heterocycles. The normalized spacial score (nSPS) is 22.6. The third kappa shape index (κ3) is 2.90. The Morgan fingerprint density at radius 2 is 2.29 bits per heavy atom. The van der Waals surface area contributed by atoms with Gasteiger partial charge in [-0.3, -0.25) is 0 Å². The molecule has 0 radical (unpaired) electrons. The molecule has 1 aromatic carbocycles. The van der Waals surface area contributed by atoms with Crippen molar-refractivity contribution in [3.63, 3.8) is 0 Å². The summed E-state index contributed by atoms with van der Waals surface area (Å²) in [7, 11) is 0. The van der Waals surface area contributed by atoms with Gasteiger partial charge in [-0.25, -0.2) is 0 Å². The third-order valence-electron chi connectivity index (χ3n) is 3.17. The van der Waals surface area contributed by atoms with Crippen LogP contribution in [0, 0.1) is 0 Å². The third-order valence-corrected chi connectivity index (χ3v) is 4.67. The van der Waals surface area contributed by atoms with Gasteiger partial charge in [-0.1, -0.05) is 17.7 Å². The highest BCUT2D eigenvalue weighted by Gasteiger charge is 2.21. The van der Waals surface area contributed by atoms with Crippen molar-refractivity contribution in [3.05, 3.63) is 28.8 Å². The molecule has 1 aromatic rings. The van der Waals surface area contributed by atoms with Crippen molar-refractivity contribution < 1.29 is 0 Å². The van der Waals surface area contributed by atoms with Crippen molar-refractivity contribution in [2.45, 2.75) is 25.9 Å². The van der Waals surface area contributed by atoms with E-state index in [0.717, 1.165) is 22.8 Å². The Labute approximate surface area is 113 Å². The molecule has 2 rings (SSSR count). The van der Waals surface area contributed by atoms with Crippen LogP contribution in [-0.2, 0) is 0 Å². The molecule has 1 aliphatic rings. The number of anilines is 1. The lowest BCUT2D eigenvalue weighted by Gasteiger charge is -2.35. The van der Waals surface area contributed by atoms with Gasteiger partial charge < -0.3 is 10.6 Å². The molecule has 94 valence electrons. The molecule has 4 heteroatoms. The Hall–Kier alpha value is -0.380. The molecule has 0 aliphatic carbocycles. The van der Waals surface area contributed by atoms with E-state index in [1.165, 1.54) is 11.5 Å². The Bertz CT molecular complexity index is 395. The summed E-state index contributed by atoms with van der Waals surface area (Å²) in [6.45, 7) is 5.30. The van der Waals surface area contributed by atoms with Crippen LogP contribution < -0.4 is 10.6 Å². The maximum absolute atomic E-state index is 6.37. The summed E-state index contributed by atoms with van der Waals surface area (Å²) in [5, 5.41) is 0.818. The second-order valence-corrected chi connectivity index (χ2v) is 6.17. The zero-order chi connectivity index (χ0) is 12.4. The second-order valence-electron chi connectivity index (χ2n) is 4.62. The molecular weight excluding hydrogens is 252 g/mol. The average Bonchev–Trinajstić information content (AvgIpc) is 2.30. The highest BCUT2D eigenvalue weighted by atomic mass is 35.5. The van der Waals surface area contributed by atoms with Crippen molar-refractivity contribution >= 4 is 29.1 Å². The van der Waals surface area contributed by atoms with E-state index in [2.05, 4.69) is 24.0 Å². The number of hydrogen-bond donors (Lipinski definition) is 1. The highest BCUT2D eigenvalue weighted by molar-refractivity contribution is 7.99. The standard InChI is InChI=1S/C13H19ClN2S/c1-9-8-17-6-5-16(9)13-4-3-11(10(2)15)7-12(13)14/h3-4,7,9-10H,5-6,8,15H2,1-2H3/t9?,10-/m1/s1. The molecule has 1 fully saturated rings. The van der Waals surface area contributed by atoms with Crippen LogP contribution in [0.15, 0.2) is 18.2 Å². The molecule has 0 amide bonds. The fourth-order valence-electron chi connectivity index (χ4n) is 2.12. The fourth-order valence-corrected chi connectivity index (χ4v) is 3.44. The van der Waals surface area contributed by atoms with E-state index in [1.807, 2.05) is 24.8 Å². The SMILES string of the molecule is CC1CSCCN1c1ccc([C@@H](C)N)cc1Cl. The van der Waals surface area contributed by atoms with Gasteiger partial charge in [0, 0.05) is 30.1 Å². The first-order valence-corrected chi connectivity index (χ1v) is 7.52. The molecule has 2 nitrogen and oxygen atoms in total. The van der Waals surface area contributed by atoms with Gasteiger partial charge in [0.05, 0.1) is 10.7 Å². The summed E-state index contributed by atoms with van der Waals surface area (Å²) in [4.78, 5) is 2.39. The van der Waals surface area contributed by atoms with Crippen LogP contribution in [0.4, 0.5) is 5.69 Å². The Morgan fingerprint density at radius 1 is 1.53 bits per heavy atom. The molecule has 1 unspecified atom stereocenters. The van der Waals surface area contributed by atoms with Gasteiger partial charge in [0.1, 0.15) is 0 Å². The highest BCUT2D eigenvalue weighted by Crippen LogP contribution is 2.32. The number of rotatable bonds is 2. The minimum Gasteiger partial charge on any atom is -0.366 e. The zero-order valence-electron chi connectivity index (χ0n) is 10.3. The van der Waals surface area contributed by atoms with E-state index in [1.54, 1.807) is 0 Å². The summed E-state index contributed by atoms with van der Waals surface area (Å²) in [5.41, 5.74) is 8.10. The van der Waals surface area contributed by atoms with Crippen molar-refractivity contribution in [1.29, 1.82) is 0 Å². The Morgan fingerprint density at radius 3 is 2.88 bits per heavy atom. The van der Waals surface area contributed by atoms with Crippen LogP contribution in [0.1, 0.15) is 25.5 Å². The molecule has 0 bridgehead atoms. The summed E-state index contributed by atoms with van der Waals surface area (Å²) in [6, 6.07) is 6.77. The number of hydrogen-bond acceptors (Lipinski definition) is 3. The Kier molecular flexibility index (Phi) is 4.23. The van der Waals surface area contributed by atoms with Crippen LogP contribution >= 0.6 is 23.4 Å². The minimum absolute atomic E-state index is 0.0379. The van der Waals surface area contributed by atoms with Crippen LogP contribution in [0.2, 0.25) is 5.02 Å². The van der Waals surface area contributed by atoms with Crippen molar-refractivity contribution in [1.82, 2.24) is 0 Å². The largest absolute Gasteiger partial charge is 0.366 e. The molecule has 17 heavy (non-hydrogen) atoms. The molecule has 2 N–H and O–H groups in total. The predicted molar refractivity (Wildman–Crippen MR) is 78.2 cm³/mol. The summed E-state index contributed by atoms with van der Waals surface area (Å²) in [6.07, 6.45) is 0. The van der Waals surface area contributed by atoms with Gasteiger partial charge in [-0.2, -0.15) is 11.8 Å². The number of thioether (sulfide) groups is 1. The number of nitrogens with two attached hydrogens (primary N) is 1. The van der Waals surface area contributed by atoms with Crippen LogP contribution in [0.5, 0.6) is 0 Å². The van der Waals surface area contributed by atoms with Gasteiger partial charge in [0.2, 0.25) is 0 Å². The van der Waals surface area contributed by atoms with E-state index < -0.39 is 0 Å². The average molecular weight is 271 g/mol. The number of benzene rings is 1. The summed E-state index contributed by atoms with van der Waals surface area (Å²) >= 11 is 8.38. The first-order valence-electron chi connectivity index (χ1n) is 5.99. The lowest BCUT2D eigenvalue weighted by Crippen LogP contribution is -2.40. The van der Waals surface area contributed by atoms with Gasteiger partial charge in [-0.15, -0.1) is 0 Å². The quantitative estimate of drug-likeness (QED) is 0.894. The van der Waals surface area contributed by atoms with E-state index in [0.29, 0.717) is 6.04 Å². The fraction of sp³-hybridized carbons (Fsp3) is 0.538. The topological polar surface area (TPSA) is 29.3 Å². The van der Waals surface area contributed by atoms with Crippen molar-refractivity contribution in [2.75, 3.05) is 23.0 Å². The maximum atomic E-state index is 6.37. The van der Waals surface area contributed by atoms with Crippen molar-refractivity contribution in [3.8, 4) is 0 Å². The number of halogens is 1. The van der Waals surface area contributed by atoms with Crippen LogP contribution in [0.25, 0.3) is 0 Å². The Balaban J connectivity index is 2.26. The summed E-state index contributed by atoms with van der Waals surface area (Å²) < 4.78 is 0. The molecule has 0 spiro atoms. The van der Waals surface area contributed by atoms with E-state index >= 15 is 0 Å². The van der Waals surface area contributed by atoms with Crippen molar-refractivity contribution in [2.24, 2.45) is 5.73 Å². The zero-order valence-corrected chi connectivity index (χ0v) is 11.9. The summed E-state index contributed by atoms with van der Waals surface area (Å²) in [5.74, 6) is 2.35. The lowest BCUT2D eigenvalue weighted by atomic mass is 10.1. The van der Waals surface area contributed by atoms with Crippen LogP contribution in [-0.4, -0.2) is 24.1 Å². The second kappa shape index (κ2) is 5.51. The molecule has 1 saturated heterocycles. The molecular formula is C13H19ClN2S. The minimum atomic E-state index is 0.0379. The van der Waals surface area contributed by atoms with Gasteiger partial charge in [0.25, 0.3) is 0 Å². The lowest BCUT2D eigenvalue weighted by molar-refractivity contribution is 0.699. The molecule has 2 atom stereocenters. The monoisotopic (exact) mass is 270 g/mol. The van der Waals surface area contributed by atoms with Crippen LogP contribution in [0.3, 0.4) is 0 Å². The van der Waals surface area contributed by atoms with Gasteiger partial charge >= 0.3 is 0 Å². The first kappa shape index (κ1) is 13.1. The van der Waals surface area contributed by atoms with E-state index in [-0.39, 0.29) is 6.04 Å².